The van der Waals surface area contributed by atoms with E-state index in [1.54, 1.807) is 30.3 Å². The molecule has 4 aromatic rings. The maximum absolute atomic E-state index is 13.4. The lowest BCUT2D eigenvalue weighted by atomic mass is 9.97. The van der Waals surface area contributed by atoms with Crippen molar-refractivity contribution in [3.63, 3.8) is 0 Å². The lowest BCUT2D eigenvalue weighted by molar-refractivity contribution is 0.0426. The summed E-state index contributed by atoms with van der Waals surface area (Å²) in [5.74, 6) is 1.78. The molecule has 222 valence electrons. The van der Waals surface area contributed by atoms with E-state index in [0.717, 1.165) is 68.2 Å². The fourth-order valence-corrected chi connectivity index (χ4v) is 7.72. The van der Waals surface area contributed by atoms with Gasteiger partial charge in [-0.05, 0) is 78.9 Å². The third kappa shape index (κ3) is 5.55. The van der Waals surface area contributed by atoms with E-state index in [1.165, 1.54) is 12.1 Å². The third-order valence-corrected chi connectivity index (χ3v) is 10.6. The van der Waals surface area contributed by atoms with Gasteiger partial charge < -0.3 is 19.1 Å². The molecule has 0 atom stereocenters. The zero-order chi connectivity index (χ0) is 29.4. The lowest BCUT2D eigenvalue weighted by Gasteiger charge is -2.41. The molecule has 8 nitrogen and oxygen atoms in total. The van der Waals surface area contributed by atoms with E-state index in [9.17, 15) is 13.2 Å². The van der Waals surface area contributed by atoms with Gasteiger partial charge in [-0.1, -0.05) is 36.4 Å². The Hall–Kier alpha value is -4.08. The molecule has 9 heteroatoms. The lowest BCUT2D eigenvalue weighted by Crippen LogP contribution is -2.50. The van der Waals surface area contributed by atoms with Gasteiger partial charge in [0.2, 0.25) is 16.6 Å². The van der Waals surface area contributed by atoms with Gasteiger partial charge in [-0.3, -0.25) is 9.69 Å². The summed E-state index contributed by atoms with van der Waals surface area (Å²) in [6.07, 6.45) is 3.85. The van der Waals surface area contributed by atoms with Crippen LogP contribution in [0.4, 0.5) is 0 Å². The molecule has 2 fully saturated rings. The van der Waals surface area contributed by atoms with Crippen LogP contribution in [0.15, 0.2) is 94.7 Å². The predicted octanol–water partition coefficient (Wildman–Crippen LogP) is 5.55. The normalized spacial score (nSPS) is 18.2. The van der Waals surface area contributed by atoms with Crippen LogP contribution < -0.4 is 14.2 Å². The molecule has 7 rings (SSSR count). The summed E-state index contributed by atoms with van der Waals surface area (Å²) >= 11 is 0. The smallest absolute Gasteiger partial charge is 0.254 e. The Kier molecular flexibility index (Phi) is 7.44. The molecule has 3 aliphatic rings. The number of hydrogen-bond donors (Lipinski definition) is 0. The Morgan fingerprint density at radius 2 is 1.44 bits per heavy atom. The van der Waals surface area contributed by atoms with Crippen LogP contribution in [0.5, 0.6) is 17.2 Å². The van der Waals surface area contributed by atoms with E-state index in [1.807, 2.05) is 47.4 Å². The van der Waals surface area contributed by atoms with Gasteiger partial charge in [-0.25, -0.2) is 8.42 Å². The van der Waals surface area contributed by atoms with E-state index in [0.29, 0.717) is 23.3 Å². The van der Waals surface area contributed by atoms with E-state index >= 15 is 0 Å². The summed E-state index contributed by atoms with van der Waals surface area (Å²) in [5, 5.41) is 2.11. The standard InChI is InChI=1S/C34H34N2O6S/c37-34(31-7-3-5-24-4-1-2-6-30(24)31)36-18-14-25(15-19-36)35-20-16-27(17-21-35)42-26-8-10-28(11-9-26)43(38,39)29-12-13-32-33(22-29)41-23-40-32/h1-13,22,25,27H,14-21,23H2. The van der Waals surface area contributed by atoms with Crippen molar-refractivity contribution in [1.82, 2.24) is 9.80 Å². The Labute approximate surface area is 251 Å². The number of carbonyl (C=O) groups is 1. The molecule has 3 aliphatic heterocycles. The van der Waals surface area contributed by atoms with E-state index in [-0.39, 0.29) is 28.6 Å². The highest BCUT2D eigenvalue weighted by molar-refractivity contribution is 7.91. The van der Waals surface area contributed by atoms with Crippen molar-refractivity contribution in [1.29, 1.82) is 0 Å². The minimum atomic E-state index is -3.69. The number of hydrogen-bond acceptors (Lipinski definition) is 7. The van der Waals surface area contributed by atoms with Gasteiger partial charge in [0.25, 0.3) is 5.91 Å². The van der Waals surface area contributed by atoms with Gasteiger partial charge in [0, 0.05) is 43.9 Å². The molecule has 0 spiro atoms. The molecule has 0 N–H and O–H groups in total. The average Bonchev–Trinajstić information content (AvgIpc) is 3.53. The molecule has 3 heterocycles. The molecular weight excluding hydrogens is 564 g/mol. The van der Waals surface area contributed by atoms with Crippen molar-refractivity contribution in [2.24, 2.45) is 0 Å². The van der Waals surface area contributed by atoms with Gasteiger partial charge in [-0.2, -0.15) is 0 Å². The molecule has 2 saturated heterocycles. The highest BCUT2D eigenvalue weighted by Crippen LogP contribution is 2.36. The molecule has 0 aromatic heterocycles. The predicted molar refractivity (Wildman–Crippen MR) is 163 cm³/mol. The van der Waals surface area contributed by atoms with Gasteiger partial charge >= 0.3 is 0 Å². The minimum Gasteiger partial charge on any atom is -0.490 e. The molecule has 0 saturated carbocycles. The van der Waals surface area contributed by atoms with Crippen molar-refractivity contribution in [2.45, 2.75) is 47.6 Å². The minimum absolute atomic E-state index is 0.0839. The summed E-state index contributed by atoms with van der Waals surface area (Å²) < 4.78 is 43.2. The first kappa shape index (κ1) is 27.7. The number of likely N-dealkylation sites (tertiary alicyclic amines) is 2. The van der Waals surface area contributed by atoms with Crippen molar-refractivity contribution < 1.29 is 27.4 Å². The van der Waals surface area contributed by atoms with Gasteiger partial charge in [0.15, 0.2) is 11.5 Å². The summed E-state index contributed by atoms with van der Waals surface area (Å²) in [7, 11) is -3.69. The van der Waals surface area contributed by atoms with Gasteiger partial charge in [0.1, 0.15) is 11.9 Å². The Bertz CT molecular complexity index is 1740. The number of carbonyl (C=O) groups excluding carboxylic acids is 1. The quantitative estimate of drug-likeness (QED) is 0.288. The summed E-state index contributed by atoms with van der Waals surface area (Å²) in [6.45, 7) is 3.53. The Balaban J connectivity index is 0.906. The summed E-state index contributed by atoms with van der Waals surface area (Å²) in [6, 6.07) is 25.8. The van der Waals surface area contributed by atoms with Crippen LogP contribution >= 0.6 is 0 Å². The number of sulfone groups is 1. The number of amides is 1. The molecular formula is C34H34N2O6S. The van der Waals surface area contributed by atoms with Crippen LogP contribution in [0.3, 0.4) is 0 Å². The molecule has 0 aliphatic carbocycles. The number of nitrogens with zero attached hydrogens (tertiary/aromatic N) is 2. The highest BCUT2D eigenvalue weighted by Gasteiger charge is 2.31. The number of rotatable bonds is 6. The van der Waals surface area contributed by atoms with Crippen LogP contribution in [-0.4, -0.2) is 69.2 Å². The van der Waals surface area contributed by atoms with Crippen LogP contribution in [0.1, 0.15) is 36.0 Å². The van der Waals surface area contributed by atoms with Crippen molar-refractivity contribution in [3.8, 4) is 17.2 Å². The van der Waals surface area contributed by atoms with Crippen molar-refractivity contribution in [3.05, 3.63) is 90.5 Å². The fourth-order valence-electron chi connectivity index (χ4n) is 6.45. The molecule has 0 unspecified atom stereocenters. The zero-order valence-electron chi connectivity index (χ0n) is 23.9. The molecule has 0 radical (unpaired) electrons. The number of fused-ring (bicyclic) bond motifs is 2. The van der Waals surface area contributed by atoms with E-state index < -0.39 is 9.84 Å². The summed E-state index contributed by atoms with van der Waals surface area (Å²) in [4.78, 5) is 18.3. The third-order valence-electron chi connectivity index (χ3n) is 8.86. The fraction of sp³-hybridized carbons (Fsp3) is 0.324. The molecule has 4 aromatic carbocycles. The number of piperidine rings is 2. The van der Waals surface area contributed by atoms with Gasteiger partial charge in [-0.15, -0.1) is 0 Å². The van der Waals surface area contributed by atoms with Crippen LogP contribution in [0.2, 0.25) is 0 Å². The van der Waals surface area contributed by atoms with Crippen LogP contribution in [0.25, 0.3) is 10.8 Å². The maximum Gasteiger partial charge on any atom is 0.254 e. The first-order valence-electron chi connectivity index (χ1n) is 14.9. The average molecular weight is 599 g/mol. The molecule has 0 bridgehead atoms. The number of benzene rings is 4. The highest BCUT2D eigenvalue weighted by atomic mass is 32.2. The van der Waals surface area contributed by atoms with Gasteiger partial charge in [0.05, 0.1) is 9.79 Å². The largest absolute Gasteiger partial charge is 0.490 e. The van der Waals surface area contributed by atoms with Crippen molar-refractivity contribution in [2.75, 3.05) is 33.0 Å². The van der Waals surface area contributed by atoms with E-state index in [2.05, 4.69) is 4.90 Å². The Morgan fingerprint density at radius 3 is 2.23 bits per heavy atom. The zero-order valence-corrected chi connectivity index (χ0v) is 24.7. The molecule has 1 amide bonds. The second-order valence-electron chi connectivity index (χ2n) is 11.4. The van der Waals surface area contributed by atoms with Crippen LogP contribution in [0, 0.1) is 0 Å². The summed E-state index contributed by atoms with van der Waals surface area (Å²) in [5.41, 5.74) is 0.785. The van der Waals surface area contributed by atoms with E-state index in [4.69, 9.17) is 14.2 Å². The molecule has 43 heavy (non-hydrogen) atoms. The first-order valence-corrected chi connectivity index (χ1v) is 16.4. The topological polar surface area (TPSA) is 85.4 Å². The monoisotopic (exact) mass is 598 g/mol. The SMILES string of the molecule is O=C(c1cccc2ccccc12)N1CCC(N2CCC(Oc3ccc(S(=O)(=O)c4ccc5c(c4)OCO5)cc3)CC2)CC1. The second kappa shape index (κ2) is 11.5. The Morgan fingerprint density at radius 1 is 0.744 bits per heavy atom. The first-order chi connectivity index (χ1) is 21.0. The van der Waals surface area contributed by atoms with Crippen LogP contribution in [-0.2, 0) is 9.84 Å². The second-order valence-corrected chi connectivity index (χ2v) is 13.3. The maximum atomic E-state index is 13.4. The number of ether oxygens (including phenoxy) is 3. The van der Waals surface area contributed by atoms with Crippen molar-refractivity contribution >= 4 is 26.5 Å².